The summed E-state index contributed by atoms with van der Waals surface area (Å²) in [5.74, 6) is 2.82. The maximum atomic E-state index is 12.5. The number of piperidine rings is 2. The minimum absolute atomic E-state index is 0. The Labute approximate surface area is 699 Å². The Bertz CT molecular complexity index is 4910. The monoisotopic (exact) mass is 1540 g/mol. The number of pyridine rings is 4. The number of aromatic nitrogens is 8. The van der Waals surface area contributed by atoms with Crippen molar-refractivity contribution >= 4 is 93.9 Å². The first-order chi connectivity index (χ1) is 52.0. The van der Waals surface area contributed by atoms with Gasteiger partial charge in [-0.1, -0.05) is 60.1 Å². The maximum Gasteiger partial charge on any atom is 1.00 e. The number of hydrogen-bond donors (Lipinski definition) is 4. The largest absolute Gasteiger partial charge is 1.00 e. The number of amides is 3. The molecule has 7 N–H and O–H groups in total. The minimum Gasteiger partial charge on any atom is -1.00 e. The van der Waals surface area contributed by atoms with Crippen LogP contribution >= 0.6 is 11.6 Å². The average molecular weight is 1540 g/mol. The summed E-state index contributed by atoms with van der Waals surface area (Å²) in [6, 6.07) is 48.5. The molecule has 5 aliphatic rings. The number of benzene rings is 4. The summed E-state index contributed by atoms with van der Waals surface area (Å²) in [6.45, 7) is 17.2. The summed E-state index contributed by atoms with van der Waals surface area (Å²) >= 11 is 6.23. The van der Waals surface area contributed by atoms with E-state index >= 15 is 0 Å². The first kappa shape index (κ1) is 84.9. The molecular weight excluding hydrogens is 1450 g/mol. The molecule has 4 aromatic carbocycles. The van der Waals surface area contributed by atoms with Crippen LogP contribution in [0.5, 0.6) is 0 Å². The van der Waals surface area contributed by atoms with Gasteiger partial charge in [-0.2, -0.15) is 0 Å². The fourth-order valence-corrected chi connectivity index (χ4v) is 14.7. The molecule has 15 rings (SSSR count). The van der Waals surface area contributed by atoms with Crippen LogP contribution in [0.2, 0.25) is 5.15 Å². The Kier molecular flexibility index (Phi) is 27.3. The standard InChI is InChI=1S/C35H38N8O.C26H27ClN6O2.C20H31BN2O3.CH2O3.2Na.H/c1-41(2)34(44)23-15-20-42(21-16-23)27-7-3-6-24(22-27)29-13-14-30-33(39-29)43(32(40-30)28-8-4-19-38-31(28)36)26-11-9-25(10-12-26)35(37)17-5-18-35;1-25(2,3)35-24(34)32-26(13-5-14-26)16-7-9-17(10-8-16)33-22(18-6-4-15-29-21(18)28)30-19-11-12-20(27)31-23(19)33;1-19(2)20(3,4)26-21(25-19)16-8-7-9-17(14-16)23-12-10-15(11-13-23)18(24)22(5)6;2-1-4-3;;;/h3-4,6-14,19,22-23H,5,15-18,20-21,37H2,1-2H3,(H2,36,38);4,6-12,15H,5,13-14H2,1-3H3,(H2,28,29)(H,32,34);7-9,14-15H,10-13H2,1-6H3;1,3H;;;/q;;;;2*+1;-1/p-1. The third-order valence-corrected chi connectivity index (χ3v) is 21.8. The molecule has 3 aliphatic heterocycles. The van der Waals surface area contributed by atoms with Crippen LogP contribution in [-0.2, 0) is 44.4 Å². The summed E-state index contributed by atoms with van der Waals surface area (Å²) in [6.07, 6.45) is 12.4. The quantitative estimate of drug-likeness (QED) is 0.0326. The van der Waals surface area contributed by atoms with Crippen LogP contribution in [-0.4, -0.2) is 152 Å². The number of ether oxygens (including phenoxy) is 1. The van der Waals surface area contributed by atoms with Gasteiger partial charge < -0.3 is 67.7 Å². The number of nitrogens with zero attached hydrogens (tertiary/aromatic N) is 12. The number of nitrogens with two attached hydrogens (primary N) is 3. The van der Waals surface area contributed by atoms with Crippen LogP contribution in [0.1, 0.15) is 125 Å². The van der Waals surface area contributed by atoms with E-state index in [9.17, 15) is 14.4 Å². The Morgan fingerprint density at radius 3 is 1.51 bits per heavy atom. The number of hydrogen-bond acceptors (Lipinski definition) is 20. The zero-order chi connectivity index (χ0) is 77.7. The van der Waals surface area contributed by atoms with Crippen molar-refractivity contribution in [3.63, 3.8) is 0 Å². The predicted octanol–water partition coefficient (Wildman–Crippen LogP) is 5.84. The second kappa shape index (κ2) is 35.7. The first-order valence-corrected chi connectivity index (χ1v) is 37.4. The Morgan fingerprint density at radius 1 is 0.613 bits per heavy atom. The number of nitrogens with one attached hydrogen (secondary N) is 1. The Balaban J connectivity index is 0.000000191. The van der Waals surface area contributed by atoms with Crippen molar-refractivity contribution in [2.45, 2.75) is 141 Å². The number of halogens is 1. The van der Waals surface area contributed by atoms with Crippen LogP contribution in [0, 0.1) is 11.8 Å². The van der Waals surface area contributed by atoms with Crippen LogP contribution in [0.25, 0.3) is 67.7 Å². The number of anilines is 4. The third-order valence-electron chi connectivity index (χ3n) is 21.6. The molecule has 572 valence electrons. The molecule has 111 heavy (non-hydrogen) atoms. The predicted molar refractivity (Wildman–Crippen MR) is 426 cm³/mol. The topological polar surface area (TPSA) is 319 Å². The number of fused-ring (bicyclic) bond motifs is 2. The smallest absolute Gasteiger partial charge is 1.00 e. The van der Waals surface area contributed by atoms with E-state index in [1.165, 1.54) is 5.69 Å². The van der Waals surface area contributed by atoms with Crippen molar-refractivity contribution in [1.82, 2.24) is 54.2 Å². The van der Waals surface area contributed by atoms with Crippen molar-refractivity contribution in [2.24, 2.45) is 17.6 Å². The van der Waals surface area contributed by atoms with Crippen LogP contribution < -0.4 is 102 Å². The van der Waals surface area contributed by atoms with Gasteiger partial charge in [-0.05, 0) is 226 Å². The van der Waals surface area contributed by atoms with E-state index in [4.69, 9.17) is 67.9 Å². The summed E-state index contributed by atoms with van der Waals surface area (Å²) < 4.78 is 21.8. The third kappa shape index (κ3) is 19.1. The molecule has 5 fully saturated rings. The van der Waals surface area contributed by atoms with E-state index in [2.05, 4.69) is 140 Å². The number of carbonyl (C=O) groups is 4. The van der Waals surface area contributed by atoms with Gasteiger partial charge in [0, 0.05) is 112 Å². The minimum atomic E-state index is -0.555. The fraction of sp³-hybridized carbons (Fsp3) is 0.390. The van der Waals surface area contributed by atoms with Crippen molar-refractivity contribution in [2.75, 3.05) is 75.6 Å². The number of rotatable bonds is 14. The Morgan fingerprint density at radius 2 is 1.07 bits per heavy atom. The van der Waals surface area contributed by atoms with Crippen molar-refractivity contribution in [3.8, 4) is 45.4 Å². The molecule has 29 heteroatoms. The van der Waals surface area contributed by atoms with E-state index in [0.29, 0.717) is 45.2 Å². The number of imidazole rings is 2. The molecule has 0 atom stereocenters. The normalized spacial score (nSPS) is 16.8. The fourth-order valence-electron chi connectivity index (χ4n) is 14.6. The summed E-state index contributed by atoms with van der Waals surface area (Å²) in [7, 11) is 7.00. The van der Waals surface area contributed by atoms with Gasteiger partial charge in [-0.25, -0.2) is 34.7 Å². The molecule has 0 bridgehead atoms. The number of nitrogen functional groups attached to an aromatic ring is 2. The molecular formula is C82H98BClN16Na2O9. The summed E-state index contributed by atoms with van der Waals surface area (Å²) in [5.41, 5.74) is 30.8. The van der Waals surface area contributed by atoms with E-state index < -0.39 is 17.2 Å². The second-order valence-corrected chi connectivity index (χ2v) is 31.4. The maximum absolute atomic E-state index is 12.5. The number of carbonyl (C=O) groups excluding carboxylic acids is 4. The van der Waals surface area contributed by atoms with Gasteiger partial charge in [0.1, 0.15) is 33.4 Å². The van der Waals surface area contributed by atoms with Crippen molar-refractivity contribution in [1.29, 1.82) is 0 Å². The second-order valence-electron chi connectivity index (χ2n) is 31.0. The van der Waals surface area contributed by atoms with E-state index in [1.54, 1.807) is 28.3 Å². The van der Waals surface area contributed by atoms with Crippen LogP contribution in [0.15, 0.2) is 158 Å². The molecule has 6 aromatic heterocycles. The van der Waals surface area contributed by atoms with Gasteiger partial charge in [0.25, 0.3) is 6.47 Å². The van der Waals surface area contributed by atoms with Crippen LogP contribution in [0.3, 0.4) is 0 Å². The molecule has 2 aliphatic carbocycles. The van der Waals surface area contributed by atoms with Crippen LogP contribution in [0.4, 0.5) is 27.8 Å². The summed E-state index contributed by atoms with van der Waals surface area (Å²) in [4.78, 5) is 84.6. The zero-order valence-electron chi connectivity index (χ0n) is 66.9. The van der Waals surface area contributed by atoms with Crippen molar-refractivity contribution in [3.05, 3.63) is 174 Å². The molecule has 3 saturated heterocycles. The van der Waals surface area contributed by atoms with Gasteiger partial charge in [0.15, 0.2) is 22.9 Å². The molecule has 25 nitrogen and oxygen atoms in total. The Hall–Kier alpha value is -8.51. The molecule has 0 spiro atoms. The molecule has 9 heterocycles. The van der Waals surface area contributed by atoms with Gasteiger partial charge >= 0.3 is 72.3 Å². The van der Waals surface area contributed by atoms with Gasteiger partial charge in [-0.15, -0.1) is 0 Å². The molecule has 2 saturated carbocycles. The molecule has 3 amide bonds. The van der Waals surface area contributed by atoms with Gasteiger partial charge in [0.2, 0.25) is 11.8 Å². The van der Waals surface area contributed by atoms with E-state index in [0.717, 1.165) is 152 Å². The first-order valence-electron chi connectivity index (χ1n) is 37.1. The average Bonchev–Trinajstić information content (AvgIpc) is 1.54. The van der Waals surface area contributed by atoms with Gasteiger partial charge in [-0.3, -0.25) is 23.5 Å². The molecule has 10 aromatic rings. The molecule has 0 radical (unpaired) electrons. The number of alkyl carbamates (subject to hydrolysis) is 1. The SMILES string of the molecule is CC(C)(C)OC(=O)NC1(c2ccc(-n3c(-c4cccnc4N)nc4ccc(Cl)nc43)cc2)CCC1.CN(C)C(=O)C1CCN(c2cccc(-c3ccc4nc(-c5cccnc5N)n(-c5ccc(C6(N)CCC6)cc5)c4n3)c2)CC1.CN(C)C(=O)C1CCN(c2cccc(B3OC(C)(C)C(C)(C)O3)c2)CC1.O=CO[O-].[H-].[Na+].[Na+]. The molecule has 0 unspecified atom stereocenters. The van der Waals surface area contributed by atoms with E-state index in [-0.39, 0.29) is 115 Å². The van der Waals surface area contributed by atoms with Crippen molar-refractivity contribution < 1.29 is 104 Å². The van der Waals surface area contributed by atoms with E-state index in [1.807, 2.05) is 120 Å². The zero-order valence-corrected chi connectivity index (χ0v) is 70.6. The van der Waals surface area contributed by atoms with Gasteiger partial charge in [0.05, 0.1) is 33.6 Å². The summed E-state index contributed by atoms with van der Waals surface area (Å²) in [5, 5.41) is 11.9.